The molecule has 0 saturated heterocycles. The number of phenolic OH excluding ortho intramolecular Hbond substituents is 1. The Morgan fingerprint density at radius 1 is 0.661 bits per heavy atom. The molecule has 32 heteroatoms. The summed E-state index contributed by atoms with van der Waals surface area (Å²) in [7, 11) is -22.4. The Balaban J connectivity index is 1.79. The molecule has 5 rings (SSSR count). The minimum absolute atomic E-state index is 0.0720. The van der Waals surface area contributed by atoms with Crippen LogP contribution in [-0.2, 0) is 76.2 Å². The van der Waals surface area contributed by atoms with Crippen LogP contribution >= 0.6 is 11.6 Å². The Morgan fingerprint density at radius 2 is 1.24 bits per heavy atom. The summed E-state index contributed by atoms with van der Waals surface area (Å²) in [5.41, 5.74) is 7.84. The van der Waals surface area contributed by atoms with E-state index in [1.54, 1.807) is 0 Å². The molecule has 62 heavy (non-hydrogen) atoms. The molecule has 332 valence electrons. The number of azo groups is 2. The lowest BCUT2D eigenvalue weighted by Gasteiger charge is -2.15. The van der Waals surface area contributed by atoms with Crippen LogP contribution in [-0.4, -0.2) is 90.0 Å². The Bertz CT molecular complexity index is 3260. The highest BCUT2D eigenvalue weighted by molar-refractivity contribution is 7.87. The molecule has 4 aromatic carbocycles. The minimum atomic E-state index is -4.97. The lowest BCUT2D eigenvalue weighted by atomic mass is 10.0. The second-order valence-electron chi connectivity index (χ2n) is 12.3. The molecular weight excluding hydrogens is 952 g/mol. The normalized spacial score (nSPS) is 13.1. The fourth-order valence-electron chi connectivity index (χ4n) is 5.45. The van der Waals surface area contributed by atoms with Crippen LogP contribution in [0.5, 0.6) is 5.75 Å². The van der Waals surface area contributed by atoms with Crippen LogP contribution in [0.4, 0.5) is 46.0 Å². The lowest BCUT2D eigenvalue weighted by molar-refractivity contribution is 0.396. The summed E-state index contributed by atoms with van der Waals surface area (Å²) in [6.07, 6.45) is 0. The van der Waals surface area contributed by atoms with Gasteiger partial charge >= 0.3 is 0 Å². The molecule has 0 unspecified atom stereocenters. The van der Waals surface area contributed by atoms with Gasteiger partial charge in [0.1, 0.15) is 44.1 Å². The highest BCUT2D eigenvalue weighted by Crippen LogP contribution is 2.48. The second kappa shape index (κ2) is 17.6. The van der Waals surface area contributed by atoms with E-state index in [4.69, 9.17) is 23.1 Å². The number of hydrogen-bond acceptors (Lipinski definition) is 23. The van der Waals surface area contributed by atoms with Crippen molar-refractivity contribution in [3.63, 3.8) is 0 Å². The number of anilines is 4. The topological polar surface area (TPSA) is 422 Å². The number of aromatic hydroxyl groups is 1. The maximum Gasteiger partial charge on any atom is 0.299 e. The van der Waals surface area contributed by atoms with Crippen molar-refractivity contribution < 1.29 is 69.2 Å². The van der Waals surface area contributed by atoms with Crippen LogP contribution in [0.1, 0.15) is 16.7 Å². The van der Waals surface area contributed by atoms with Crippen LogP contribution in [0.25, 0.3) is 10.8 Å². The van der Waals surface area contributed by atoms with Crippen molar-refractivity contribution in [2.45, 2.75) is 27.0 Å². The van der Waals surface area contributed by atoms with Crippen LogP contribution in [0.3, 0.4) is 0 Å². The highest BCUT2D eigenvalue weighted by Gasteiger charge is 2.28. The van der Waals surface area contributed by atoms with E-state index in [1.807, 2.05) is 0 Å². The first-order valence-corrected chi connectivity index (χ1v) is 24.2. The smallest absolute Gasteiger partial charge is 0.299 e. The maximum atomic E-state index is 13.3. The summed E-state index contributed by atoms with van der Waals surface area (Å²) >= 11 is 5.84. The van der Waals surface area contributed by atoms with Gasteiger partial charge in [-0.3, -0.25) is 22.0 Å². The first-order chi connectivity index (χ1) is 28.6. The molecule has 1 aromatic heterocycles. The molecule has 0 saturated carbocycles. The van der Waals surface area contributed by atoms with Crippen molar-refractivity contribution >= 4 is 119 Å². The molecule has 0 fully saturated rings. The summed E-state index contributed by atoms with van der Waals surface area (Å²) in [5.74, 6) is -4.93. The zero-order valence-electron chi connectivity index (χ0n) is 31.1. The Morgan fingerprint density at radius 3 is 1.84 bits per heavy atom. The van der Waals surface area contributed by atoms with Crippen molar-refractivity contribution in [1.29, 1.82) is 0 Å². The third kappa shape index (κ3) is 11.6. The van der Waals surface area contributed by atoms with Crippen LogP contribution < -0.4 is 16.8 Å². The van der Waals surface area contributed by atoms with Gasteiger partial charge in [0, 0.05) is 5.69 Å². The molecular formula is C30H29ClN10O16S5. The van der Waals surface area contributed by atoms with E-state index >= 15 is 0 Å². The van der Waals surface area contributed by atoms with E-state index in [0.29, 0.717) is 0 Å². The van der Waals surface area contributed by atoms with Crippen molar-refractivity contribution in [3.8, 4) is 5.75 Å². The number of aromatic nitrogens is 3. The first-order valence-electron chi connectivity index (χ1n) is 16.2. The maximum absolute atomic E-state index is 13.3. The number of nitrogens with two attached hydrogens (primary N) is 2. The van der Waals surface area contributed by atoms with E-state index in [0.717, 1.165) is 56.7 Å². The molecule has 0 aliphatic rings. The molecule has 26 nitrogen and oxygen atoms in total. The number of nitrogens with one attached hydrogen (secondary N) is 1. The van der Waals surface area contributed by atoms with Gasteiger partial charge in [0.25, 0.3) is 50.6 Å². The molecule has 0 aliphatic carbocycles. The third-order valence-corrected chi connectivity index (χ3v) is 12.8. The molecule has 0 atom stereocenters. The quantitative estimate of drug-likeness (QED) is 0.0318. The average molecular weight is 981 g/mol. The van der Waals surface area contributed by atoms with Gasteiger partial charge in [-0.15, -0.1) is 20.5 Å². The standard InChI is InChI=1S/C30H29ClN10O16S5/c1-56-61(52,53)21-6-3-14(11-58(43,44)45)7-20(21)39-40-25-17(13-60(49,50)51)8-16-9-22(62(54,55)57-2)26(27(42)23(16)24(25)32)41-38-19-10-18(5-4-15(19)12-59(46,47)48)34-30-36-28(31)35-29(33)37-30/h3-10,42H,11-13,32H2,1-2H3,(H,43,44,45)(H,46,47,48)(H,49,50,51)(H3,33,34,35,36,37). The Hall–Kier alpha value is -5.61. The lowest BCUT2D eigenvalue weighted by Crippen LogP contribution is -2.06. The molecule has 0 aliphatic heterocycles. The van der Waals surface area contributed by atoms with E-state index in [9.17, 15) is 60.9 Å². The van der Waals surface area contributed by atoms with E-state index < -0.39 is 117 Å². The minimum Gasteiger partial charge on any atom is -0.505 e. The molecule has 1 heterocycles. The number of nitrogen functional groups attached to an aromatic ring is 2. The van der Waals surface area contributed by atoms with Gasteiger partial charge < -0.3 is 21.9 Å². The third-order valence-electron chi connectivity index (χ3n) is 7.94. The average Bonchev–Trinajstić information content (AvgIpc) is 3.12. The van der Waals surface area contributed by atoms with Gasteiger partial charge in [-0.05, 0) is 70.1 Å². The summed E-state index contributed by atoms with van der Waals surface area (Å²) in [5, 5.41) is 28.7. The predicted octanol–water partition coefficient (Wildman–Crippen LogP) is 3.96. The van der Waals surface area contributed by atoms with Gasteiger partial charge in [-0.1, -0.05) is 12.1 Å². The van der Waals surface area contributed by atoms with Crippen molar-refractivity contribution in [2.24, 2.45) is 20.5 Å². The van der Waals surface area contributed by atoms with Crippen molar-refractivity contribution in [3.05, 3.63) is 70.5 Å². The summed E-state index contributed by atoms with van der Waals surface area (Å²) in [4.78, 5) is 9.68. The van der Waals surface area contributed by atoms with Gasteiger partial charge in [0.2, 0.25) is 17.2 Å². The highest BCUT2D eigenvalue weighted by atomic mass is 35.5. The first kappa shape index (κ1) is 47.4. The number of rotatable bonds is 16. The fraction of sp³-hybridized carbons (Fsp3) is 0.167. The monoisotopic (exact) mass is 980 g/mol. The number of nitrogens with zero attached hydrogens (tertiary/aromatic N) is 7. The van der Waals surface area contributed by atoms with E-state index in [2.05, 4.69) is 49.1 Å². The molecule has 5 aromatic rings. The van der Waals surface area contributed by atoms with Gasteiger partial charge in [0.15, 0.2) is 5.75 Å². The Kier molecular flexibility index (Phi) is 13.5. The zero-order valence-corrected chi connectivity index (χ0v) is 36.0. The van der Waals surface area contributed by atoms with Crippen LogP contribution in [0.15, 0.2) is 78.8 Å². The van der Waals surface area contributed by atoms with Gasteiger partial charge in [-0.25, -0.2) is 0 Å². The zero-order chi connectivity index (χ0) is 46.2. The van der Waals surface area contributed by atoms with Gasteiger partial charge in [0.05, 0.1) is 31.0 Å². The fourth-order valence-corrected chi connectivity index (χ4v) is 9.07. The van der Waals surface area contributed by atoms with Crippen LogP contribution in [0, 0.1) is 0 Å². The number of benzene rings is 4. The van der Waals surface area contributed by atoms with E-state index in [1.165, 1.54) is 6.07 Å². The molecule has 9 N–H and O–H groups in total. The largest absolute Gasteiger partial charge is 0.505 e. The molecule has 0 bridgehead atoms. The predicted molar refractivity (Wildman–Crippen MR) is 218 cm³/mol. The van der Waals surface area contributed by atoms with Crippen molar-refractivity contribution in [2.75, 3.05) is 31.0 Å². The van der Waals surface area contributed by atoms with Crippen LogP contribution in [0.2, 0.25) is 5.28 Å². The summed E-state index contributed by atoms with van der Waals surface area (Å²) in [6, 6.07) is 8.05. The summed E-state index contributed by atoms with van der Waals surface area (Å²) < 4.78 is 161. The molecule has 0 spiro atoms. The Labute approximate surface area is 356 Å². The second-order valence-corrected chi connectivity index (χ2v) is 20.4. The molecule has 0 radical (unpaired) electrons. The van der Waals surface area contributed by atoms with Crippen molar-refractivity contribution in [1.82, 2.24) is 15.0 Å². The number of halogens is 1. The SMILES string of the molecule is COS(=O)(=O)c1ccc(CS(=O)(=O)O)cc1N=Nc1c(CS(=O)(=O)O)cc2cc(S(=O)(=O)OC)c(N=Nc3cc(Nc4nc(N)nc(Cl)n4)ccc3CS(=O)(=O)O)c(O)c2c1N. The number of phenols is 1. The number of fused-ring (bicyclic) bond motifs is 1. The van der Waals surface area contributed by atoms with E-state index in [-0.39, 0.29) is 45.1 Å². The molecule has 0 amide bonds. The number of hydrogen-bond donors (Lipinski definition) is 7. The van der Waals surface area contributed by atoms with Gasteiger partial charge in [-0.2, -0.15) is 57.0 Å². The summed E-state index contributed by atoms with van der Waals surface area (Å²) in [6.45, 7) is 0.